The van der Waals surface area contributed by atoms with Crippen molar-refractivity contribution in [1.29, 1.82) is 0 Å². The lowest BCUT2D eigenvalue weighted by Gasteiger charge is -2.07. The highest BCUT2D eigenvalue weighted by atomic mass is 79.9. The second-order valence-corrected chi connectivity index (χ2v) is 7.22. The molecule has 0 aliphatic carbocycles. The van der Waals surface area contributed by atoms with Gasteiger partial charge in [0.2, 0.25) is 0 Å². The third-order valence-electron chi connectivity index (χ3n) is 2.98. The van der Waals surface area contributed by atoms with Gasteiger partial charge in [-0.15, -0.1) is 0 Å². The number of halogens is 3. The van der Waals surface area contributed by atoms with Crippen molar-refractivity contribution in [3.05, 3.63) is 59.4 Å². The molecule has 2 rings (SSSR count). The number of para-hydroxylation sites is 2. The van der Waals surface area contributed by atoms with E-state index in [1.165, 1.54) is 24.4 Å². The van der Waals surface area contributed by atoms with E-state index < -0.39 is 17.4 Å². The number of amides is 1. The molecule has 0 heterocycles. The summed E-state index contributed by atoms with van der Waals surface area (Å²) in [6.45, 7) is -0.448. The molecule has 0 saturated carbocycles. The van der Waals surface area contributed by atoms with Gasteiger partial charge in [-0.05, 0) is 44.0 Å². The van der Waals surface area contributed by atoms with Crippen LogP contribution in [0.2, 0.25) is 0 Å². The predicted octanol–water partition coefficient (Wildman–Crippen LogP) is 4.12. The van der Waals surface area contributed by atoms with E-state index in [4.69, 9.17) is 4.74 Å². The fourth-order valence-electron chi connectivity index (χ4n) is 1.79. The third-order valence-corrected chi connectivity index (χ3v) is 5.05. The number of benzene rings is 2. The minimum absolute atomic E-state index is 0.0132. The molecule has 0 aliphatic heterocycles. The Kier molecular flexibility index (Phi) is 7.12. The first-order chi connectivity index (χ1) is 12.3. The molecular weight excluding hydrogens is 542 g/mol. The van der Waals surface area contributed by atoms with Crippen LogP contribution in [0.15, 0.2) is 48.9 Å². The summed E-state index contributed by atoms with van der Waals surface area (Å²) < 4.78 is 6.65. The fourth-order valence-corrected chi connectivity index (χ4v) is 4.11. The summed E-state index contributed by atoms with van der Waals surface area (Å²) in [6, 6.07) is 7.36. The molecule has 0 spiro atoms. The Morgan fingerprint density at radius 2 is 2.00 bits per heavy atom. The van der Waals surface area contributed by atoms with Gasteiger partial charge >= 0.3 is 5.69 Å². The van der Waals surface area contributed by atoms with Crippen LogP contribution in [0, 0.1) is 10.1 Å². The molecule has 11 heteroatoms. The number of hydrazone groups is 1. The van der Waals surface area contributed by atoms with Crippen LogP contribution < -0.4 is 10.2 Å². The summed E-state index contributed by atoms with van der Waals surface area (Å²) in [6.07, 6.45) is 1.32. The van der Waals surface area contributed by atoms with Crippen LogP contribution in [-0.4, -0.2) is 28.8 Å². The van der Waals surface area contributed by atoms with Gasteiger partial charge in [0.15, 0.2) is 12.4 Å². The number of nitrogens with zero attached hydrogens (tertiary/aromatic N) is 2. The highest BCUT2D eigenvalue weighted by Gasteiger charge is 2.15. The maximum atomic E-state index is 11.8. The summed E-state index contributed by atoms with van der Waals surface area (Å²) in [7, 11) is 0. The number of ether oxygens (including phenoxy) is 1. The average Bonchev–Trinajstić information content (AvgIpc) is 2.61. The topological polar surface area (TPSA) is 114 Å². The van der Waals surface area contributed by atoms with Gasteiger partial charge < -0.3 is 9.84 Å². The van der Waals surface area contributed by atoms with Crippen LogP contribution in [0.4, 0.5) is 5.69 Å². The minimum atomic E-state index is -0.604. The molecule has 2 aromatic rings. The zero-order chi connectivity index (χ0) is 19.3. The van der Waals surface area contributed by atoms with Gasteiger partial charge in [0.1, 0.15) is 5.75 Å². The van der Waals surface area contributed by atoms with Gasteiger partial charge in [0.25, 0.3) is 5.91 Å². The van der Waals surface area contributed by atoms with Crippen molar-refractivity contribution in [2.45, 2.75) is 0 Å². The Morgan fingerprint density at radius 1 is 1.31 bits per heavy atom. The zero-order valence-electron chi connectivity index (χ0n) is 12.8. The van der Waals surface area contributed by atoms with Gasteiger partial charge in [-0.2, -0.15) is 5.10 Å². The first kappa shape index (κ1) is 20.3. The molecule has 0 unspecified atom stereocenters. The van der Waals surface area contributed by atoms with Crippen molar-refractivity contribution in [2.24, 2.45) is 5.10 Å². The molecule has 0 aromatic heterocycles. The molecule has 0 aliphatic rings. The van der Waals surface area contributed by atoms with Gasteiger partial charge in [0, 0.05) is 16.1 Å². The minimum Gasteiger partial charge on any atom is -0.506 e. The maximum absolute atomic E-state index is 11.8. The van der Waals surface area contributed by atoms with Crippen LogP contribution >= 0.6 is 47.8 Å². The number of aromatic hydroxyl groups is 1. The largest absolute Gasteiger partial charge is 0.506 e. The van der Waals surface area contributed by atoms with Crippen molar-refractivity contribution >= 4 is 65.6 Å². The Morgan fingerprint density at radius 3 is 2.69 bits per heavy atom. The Balaban J connectivity index is 1.99. The van der Waals surface area contributed by atoms with E-state index in [1.54, 1.807) is 12.1 Å². The van der Waals surface area contributed by atoms with Crippen molar-refractivity contribution in [2.75, 3.05) is 6.61 Å². The van der Waals surface area contributed by atoms with Crippen LogP contribution in [0.3, 0.4) is 0 Å². The molecular formula is C15H10Br3N3O5. The first-order valence-electron chi connectivity index (χ1n) is 6.85. The number of hydrogen-bond donors (Lipinski definition) is 2. The standard InChI is InChI=1S/C15H10Br3N3O5/c16-9-5-10(17)15(23)14(18)8(9)6-19-20-13(22)7-26-12-4-2-1-3-11(12)21(24)25/h1-6,23H,7H2,(H,20,22). The van der Waals surface area contributed by atoms with Crippen LogP contribution in [0.1, 0.15) is 5.56 Å². The molecule has 26 heavy (non-hydrogen) atoms. The van der Waals surface area contributed by atoms with Crippen LogP contribution in [0.5, 0.6) is 11.5 Å². The third kappa shape index (κ3) is 5.02. The molecule has 0 bridgehead atoms. The molecule has 2 N–H and O–H groups in total. The van der Waals surface area contributed by atoms with Crippen molar-refractivity contribution in [3.63, 3.8) is 0 Å². The first-order valence-corrected chi connectivity index (χ1v) is 9.23. The van der Waals surface area contributed by atoms with E-state index in [2.05, 4.69) is 58.3 Å². The number of rotatable bonds is 6. The lowest BCUT2D eigenvalue weighted by molar-refractivity contribution is -0.385. The van der Waals surface area contributed by atoms with Crippen molar-refractivity contribution in [3.8, 4) is 11.5 Å². The number of nitro groups is 1. The van der Waals surface area contributed by atoms with E-state index >= 15 is 0 Å². The lowest BCUT2D eigenvalue weighted by Crippen LogP contribution is -2.24. The SMILES string of the molecule is O=C(COc1ccccc1[N+](=O)[O-])NN=Cc1c(Br)cc(Br)c(O)c1Br. The predicted molar refractivity (Wildman–Crippen MR) is 106 cm³/mol. The fraction of sp³-hybridized carbons (Fsp3) is 0.0667. The average molecular weight is 552 g/mol. The van der Waals surface area contributed by atoms with E-state index in [0.717, 1.165) is 0 Å². The summed E-state index contributed by atoms with van der Waals surface area (Å²) >= 11 is 9.74. The Labute approximate surface area is 172 Å². The van der Waals surface area contributed by atoms with E-state index in [1.807, 2.05) is 0 Å². The molecule has 1 amide bonds. The van der Waals surface area contributed by atoms with Gasteiger partial charge in [-0.1, -0.05) is 28.1 Å². The van der Waals surface area contributed by atoms with E-state index in [0.29, 0.717) is 19.0 Å². The summed E-state index contributed by atoms with van der Waals surface area (Å²) in [5, 5.41) is 24.5. The quantitative estimate of drug-likeness (QED) is 0.318. The zero-order valence-corrected chi connectivity index (χ0v) is 17.5. The summed E-state index contributed by atoms with van der Waals surface area (Å²) in [5.41, 5.74) is 2.51. The maximum Gasteiger partial charge on any atom is 0.310 e. The number of phenolic OH excluding ortho intramolecular Hbond substituents is 1. The van der Waals surface area contributed by atoms with Crippen LogP contribution in [0.25, 0.3) is 0 Å². The molecule has 8 nitrogen and oxygen atoms in total. The van der Waals surface area contributed by atoms with Gasteiger partial charge in [-0.25, -0.2) is 5.43 Å². The molecule has 2 aromatic carbocycles. The number of carbonyl (C=O) groups is 1. The van der Waals surface area contributed by atoms with Gasteiger partial charge in [-0.3, -0.25) is 14.9 Å². The second-order valence-electron chi connectivity index (χ2n) is 4.72. The molecule has 0 fully saturated rings. The van der Waals surface area contributed by atoms with Crippen molar-refractivity contribution in [1.82, 2.24) is 5.43 Å². The Hall–Kier alpha value is -1.98. The monoisotopic (exact) mass is 549 g/mol. The highest BCUT2D eigenvalue weighted by molar-refractivity contribution is 9.11. The Bertz CT molecular complexity index is 889. The number of nitrogens with one attached hydrogen (secondary N) is 1. The number of phenols is 1. The van der Waals surface area contributed by atoms with Crippen molar-refractivity contribution < 1.29 is 19.6 Å². The number of hydrogen-bond acceptors (Lipinski definition) is 6. The van der Waals surface area contributed by atoms with Gasteiger partial charge in [0.05, 0.1) is 20.1 Å². The van der Waals surface area contributed by atoms with E-state index in [9.17, 15) is 20.0 Å². The normalized spacial score (nSPS) is 10.7. The molecule has 0 saturated heterocycles. The second kappa shape index (κ2) is 9.10. The molecule has 0 atom stereocenters. The lowest BCUT2D eigenvalue weighted by atomic mass is 10.2. The number of nitro benzene ring substituents is 1. The van der Waals surface area contributed by atoms with E-state index in [-0.39, 0.29) is 17.2 Å². The smallest absolute Gasteiger partial charge is 0.310 e. The number of carbonyl (C=O) groups excluding carboxylic acids is 1. The van der Waals surface area contributed by atoms with Crippen LogP contribution in [-0.2, 0) is 4.79 Å². The highest BCUT2D eigenvalue weighted by Crippen LogP contribution is 2.38. The summed E-state index contributed by atoms with van der Waals surface area (Å²) in [5.74, 6) is -0.631. The molecule has 136 valence electrons. The summed E-state index contributed by atoms with van der Waals surface area (Å²) in [4.78, 5) is 22.1. The molecule has 0 radical (unpaired) electrons.